The number of furan rings is 1. The molecule has 3 aromatic carbocycles. The van der Waals surface area contributed by atoms with Gasteiger partial charge in [0.15, 0.2) is 5.82 Å². The summed E-state index contributed by atoms with van der Waals surface area (Å²) in [4.78, 5) is 3.73. The highest BCUT2D eigenvalue weighted by atomic mass is 19.1. The third-order valence-corrected chi connectivity index (χ3v) is 6.47. The van der Waals surface area contributed by atoms with E-state index in [2.05, 4.69) is 29.1 Å². The Morgan fingerprint density at radius 2 is 1.71 bits per heavy atom. The second-order valence-electron chi connectivity index (χ2n) is 9.83. The number of aromatic nitrogens is 1. The van der Waals surface area contributed by atoms with Crippen molar-refractivity contribution in [3.8, 4) is 22.4 Å². The third kappa shape index (κ3) is 3.36. The lowest BCUT2D eigenvalue weighted by Gasteiger charge is -2.19. The average Bonchev–Trinajstić information content (AvgIpc) is 3.18. The van der Waals surface area contributed by atoms with Crippen LogP contribution in [0, 0.1) is 19.3 Å². The lowest BCUT2D eigenvalue weighted by Crippen LogP contribution is -2.33. The summed E-state index contributed by atoms with van der Waals surface area (Å²) < 4.78 is 23.2. The molecule has 0 N–H and O–H groups in total. The van der Waals surface area contributed by atoms with E-state index < -0.39 is 0 Å². The summed E-state index contributed by atoms with van der Waals surface area (Å²) in [5.74, 6) is -0.227. The fourth-order valence-electron chi connectivity index (χ4n) is 4.73. The van der Waals surface area contributed by atoms with E-state index in [0.717, 1.165) is 38.7 Å². The molecule has 2 aromatic heterocycles. The van der Waals surface area contributed by atoms with Gasteiger partial charge in [-0.05, 0) is 29.0 Å². The lowest BCUT2D eigenvalue weighted by atomic mass is 9.86. The van der Waals surface area contributed by atoms with Crippen LogP contribution in [0.5, 0.6) is 0 Å². The number of hydrogen-bond donors (Lipinski definition) is 0. The molecule has 0 saturated carbocycles. The molecule has 0 fully saturated rings. The molecule has 0 spiro atoms. The molecule has 5 rings (SSSR count). The number of nitrogens with zero attached hydrogens (tertiary/aromatic N) is 2. The van der Waals surface area contributed by atoms with Crippen LogP contribution in [-0.2, 0) is 12.5 Å². The average molecular weight is 450 g/mol. The van der Waals surface area contributed by atoms with E-state index in [9.17, 15) is 4.39 Å². The maximum absolute atomic E-state index is 14.9. The van der Waals surface area contributed by atoms with Crippen LogP contribution >= 0.6 is 0 Å². The van der Waals surface area contributed by atoms with Crippen LogP contribution in [0.4, 0.5) is 10.1 Å². The Morgan fingerprint density at radius 3 is 2.38 bits per heavy atom. The van der Waals surface area contributed by atoms with Crippen LogP contribution < -0.4 is 4.57 Å². The van der Waals surface area contributed by atoms with Gasteiger partial charge in [0, 0.05) is 22.4 Å². The first-order valence-electron chi connectivity index (χ1n) is 11.3. The van der Waals surface area contributed by atoms with Gasteiger partial charge in [-0.25, -0.2) is 9.24 Å². The van der Waals surface area contributed by atoms with Gasteiger partial charge in [-0.15, -0.1) is 0 Å². The summed E-state index contributed by atoms with van der Waals surface area (Å²) in [7, 11) is 1.85. The first kappa shape index (κ1) is 21.9. The van der Waals surface area contributed by atoms with Crippen molar-refractivity contribution >= 4 is 27.6 Å². The summed E-state index contributed by atoms with van der Waals surface area (Å²) >= 11 is 0. The van der Waals surface area contributed by atoms with Crippen molar-refractivity contribution in [1.29, 1.82) is 0 Å². The molecule has 0 atom stereocenters. The van der Waals surface area contributed by atoms with Gasteiger partial charge in [0.25, 0.3) is 0 Å². The maximum Gasteiger partial charge on any atom is 0.229 e. The fraction of sp³-hybridized carbons (Fsp3) is 0.200. The molecule has 0 aliphatic heterocycles. The molecule has 5 aromatic rings. The molecule has 2 heterocycles. The fourth-order valence-corrected chi connectivity index (χ4v) is 4.73. The quantitative estimate of drug-likeness (QED) is 0.197. The van der Waals surface area contributed by atoms with Crippen LogP contribution in [0.2, 0.25) is 0 Å². The highest BCUT2D eigenvalue weighted by molar-refractivity contribution is 6.18. The zero-order valence-corrected chi connectivity index (χ0v) is 20.0. The van der Waals surface area contributed by atoms with Crippen LogP contribution in [0.25, 0.3) is 49.2 Å². The molecule has 0 aliphatic rings. The van der Waals surface area contributed by atoms with Crippen molar-refractivity contribution < 1.29 is 13.4 Å². The Kier molecular flexibility index (Phi) is 5.02. The molecule has 0 amide bonds. The highest BCUT2D eigenvalue weighted by Crippen LogP contribution is 2.44. The van der Waals surface area contributed by atoms with E-state index in [1.165, 1.54) is 6.20 Å². The van der Waals surface area contributed by atoms with Gasteiger partial charge >= 0.3 is 0 Å². The number of aryl methyl sites for hydroxylation is 2. The second kappa shape index (κ2) is 7.81. The third-order valence-electron chi connectivity index (χ3n) is 6.47. The molecule has 3 nitrogen and oxygen atoms in total. The number of hydrogen-bond acceptors (Lipinski definition) is 1. The standard InChI is InChI=1S/C30H26FN2O/c1-18-12-13-21-27-20(19-10-8-7-9-11-19)14-15-24(32-5)29(27)34-28(21)26(18)25-16-22(30(2,3)4)23(31)17-33(25)6/h7-17H,1-4,6H3/q+1. The zero-order valence-electron chi connectivity index (χ0n) is 20.0. The van der Waals surface area contributed by atoms with E-state index in [0.29, 0.717) is 22.4 Å². The van der Waals surface area contributed by atoms with E-state index in [1.54, 1.807) is 0 Å². The van der Waals surface area contributed by atoms with Gasteiger partial charge in [-0.2, -0.15) is 4.57 Å². The summed E-state index contributed by atoms with van der Waals surface area (Å²) in [6, 6.07) is 20.0. The number of halogens is 1. The van der Waals surface area contributed by atoms with Crippen LogP contribution in [0.1, 0.15) is 31.9 Å². The number of fused-ring (bicyclic) bond motifs is 3. The Morgan fingerprint density at radius 1 is 0.971 bits per heavy atom. The molecule has 0 aliphatic carbocycles. The number of pyridine rings is 1. The Bertz CT molecular complexity index is 1620. The van der Waals surface area contributed by atoms with Crippen LogP contribution in [-0.4, -0.2) is 0 Å². The van der Waals surface area contributed by atoms with E-state index in [1.807, 2.05) is 75.7 Å². The molecule has 0 bridgehead atoms. The first-order chi connectivity index (χ1) is 16.2. The SMILES string of the molecule is [C-]#[N+]c1ccc(-c2ccccc2)c2c1oc1c(-c3cc(C(C)(C)C)c(F)c[n+]3C)c(C)ccc12. The highest BCUT2D eigenvalue weighted by Gasteiger charge is 2.28. The normalized spacial score (nSPS) is 11.8. The van der Waals surface area contributed by atoms with Crippen molar-refractivity contribution in [3.63, 3.8) is 0 Å². The van der Waals surface area contributed by atoms with Gasteiger partial charge in [0.2, 0.25) is 17.6 Å². The molecular weight excluding hydrogens is 423 g/mol. The molecule has 0 saturated heterocycles. The Hall–Kier alpha value is -3.97. The summed E-state index contributed by atoms with van der Waals surface area (Å²) in [5, 5.41) is 1.87. The van der Waals surface area contributed by atoms with Crippen molar-refractivity contribution in [2.24, 2.45) is 7.05 Å². The van der Waals surface area contributed by atoms with Gasteiger partial charge in [-0.1, -0.05) is 75.4 Å². The largest absolute Gasteiger partial charge is 0.466 e. The van der Waals surface area contributed by atoms with Crippen LogP contribution in [0.15, 0.2) is 71.3 Å². The molecule has 0 unspecified atom stereocenters. The number of benzene rings is 3. The Balaban J connectivity index is 1.92. The predicted molar refractivity (Wildman–Crippen MR) is 135 cm³/mol. The molecule has 4 heteroatoms. The minimum atomic E-state index is -0.347. The van der Waals surface area contributed by atoms with E-state index in [-0.39, 0.29) is 11.2 Å². The summed E-state index contributed by atoms with van der Waals surface area (Å²) in [6.45, 7) is 15.8. The summed E-state index contributed by atoms with van der Waals surface area (Å²) in [6.07, 6.45) is 1.54. The Labute approximate surface area is 198 Å². The first-order valence-corrected chi connectivity index (χ1v) is 11.3. The maximum atomic E-state index is 14.9. The minimum Gasteiger partial charge on any atom is -0.466 e. The van der Waals surface area contributed by atoms with E-state index >= 15 is 0 Å². The van der Waals surface area contributed by atoms with E-state index in [4.69, 9.17) is 11.0 Å². The smallest absolute Gasteiger partial charge is 0.229 e. The van der Waals surface area contributed by atoms with Crippen molar-refractivity contribution in [2.45, 2.75) is 33.1 Å². The van der Waals surface area contributed by atoms with Crippen molar-refractivity contribution in [1.82, 2.24) is 0 Å². The predicted octanol–water partition coefficient (Wildman–Crippen LogP) is 8.04. The lowest BCUT2D eigenvalue weighted by molar-refractivity contribution is -0.662. The zero-order chi connectivity index (χ0) is 24.2. The second-order valence-corrected chi connectivity index (χ2v) is 9.83. The van der Waals surface area contributed by atoms with Gasteiger partial charge in [0.05, 0.1) is 12.1 Å². The molecule has 0 radical (unpaired) electrons. The van der Waals surface area contributed by atoms with Crippen molar-refractivity contribution in [3.05, 3.63) is 95.2 Å². The molecule has 34 heavy (non-hydrogen) atoms. The van der Waals surface area contributed by atoms with Crippen LogP contribution in [0.3, 0.4) is 0 Å². The van der Waals surface area contributed by atoms with Crippen molar-refractivity contribution in [2.75, 3.05) is 0 Å². The van der Waals surface area contributed by atoms with Gasteiger partial charge in [0.1, 0.15) is 18.2 Å². The molecular formula is C30H26FN2O+. The topological polar surface area (TPSA) is 21.4 Å². The number of rotatable bonds is 2. The molecule has 168 valence electrons. The van der Waals surface area contributed by atoms with Gasteiger partial charge in [-0.3, -0.25) is 0 Å². The monoisotopic (exact) mass is 449 g/mol. The summed E-state index contributed by atoms with van der Waals surface area (Å²) in [5.41, 5.74) is 6.99. The minimum absolute atomic E-state index is 0.227. The van der Waals surface area contributed by atoms with Gasteiger partial charge < -0.3 is 4.42 Å².